The van der Waals surface area contributed by atoms with Crippen molar-refractivity contribution in [3.05, 3.63) is 82.1 Å². The molecule has 0 unspecified atom stereocenters. The maximum absolute atomic E-state index is 12.7. The molecule has 4 rings (SSSR count). The number of furan rings is 1. The van der Waals surface area contributed by atoms with Gasteiger partial charge in [0, 0.05) is 30.6 Å². The molecular formula is C24H24N2O4S. The van der Waals surface area contributed by atoms with Crippen molar-refractivity contribution < 1.29 is 18.7 Å². The summed E-state index contributed by atoms with van der Waals surface area (Å²) >= 11 is 1.45. The van der Waals surface area contributed by atoms with Gasteiger partial charge in [0.05, 0.1) is 18.4 Å². The Kier molecular flexibility index (Phi) is 6.64. The Bertz CT molecular complexity index is 1070. The van der Waals surface area contributed by atoms with Crippen molar-refractivity contribution in [3.8, 4) is 0 Å². The van der Waals surface area contributed by atoms with Gasteiger partial charge in [0.2, 0.25) is 5.91 Å². The average Bonchev–Trinajstić information content (AvgIpc) is 3.40. The summed E-state index contributed by atoms with van der Waals surface area (Å²) < 4.78 is 10.5. The molecule has 0 atom stereocenters. The van der Waals surface area contributed by atoms with Gasteiger partial charge in [-0.05, 0) is 42.7 Å². The molecule has 1 aliphatic heterocycles. The van der Waals surface area contributed by atoms with Crippen LogP contribution < -0.4 is 5.32 Å². The molecule has 1 aromatic carbocycles. The third kappa shape index (κ3) is 5.13. The van der Waals surface area contributed by atoms with Crippen LogP contribution in [0.4, 0.5) is 5.00 Å². The highest BCUT2D eigenvalue weighted by Gasteiger charge is 2.29. The van der Waals surface area contributed by atoms with Crippen molar-refractivity contribution in [2.75, 3.05) is 18.5 Å². The largest absolute Gasteiger partial charge is 0.465 e. The summed E-state index contributed by atoms with van der Waals surface area (Å²) in [5.41, 5.74) is 2.73. The van der Waals surface area contributed by atoms with E-state index in [0.29, 0.717) is 16.3 Å². The van der Waals surface area contributed by atoms with Gasteiger partial charge in [-0.15, -0.1) is 11.3 Å². The van der Waals surface area contributed by atoms with E-state index >= 15 is 0 Å². The number of nitrogens with one attached hydrogen (secondary N) is 1. The summed E-state index contributed by atoms with van der Waals surface area (Å²) in [4.78, 5) is 28.6. The molecular weight excluding hydrogens is 412 g/mol. The summed E-state index contributed by atoms with van der Waals surface area (Å²) in [7, 11) is 0. The molecule has 0 fully saturated rings. The van der Waals surface area contributed by atoms with Gasteiger partial charge in [-0.3, -0.25) is 9.69 Å². The molecule has 0 saturated carbocycles. The predicted octanol–water partition coefficient (Wildman–Crippen LogP) is 4.73. The van der Waals surface area contributed by atoms with E-state index < -0.39 is 0 Å². The van der Waals surface area contributed by atoms with E-state index in [1.807, 2.05) is 18.2 Å². The van der Waals surface area contributed by atoms with Crippen molar-refractivity contribution in [3.63, 3.8) is 0 Å². The minimum Gasteiger partial charge on any atom is -0.465 e. The maximum Gasteiger partial charge on any atom is 0.341 e. The Morgan fingerprint density at radius 1 is 1.23 bits per heavy atom. The lowest BCUT2D eigenvalue weighted by atomic mass is 10.0. The zero-order valence-corrected chi connectivity index (χ0v) is 18.1. The second-order valence-electron chi connectivity index (χ2n) is 7.21. The number of benzene rings is 1. The summed E-state index contributed by atoms with van der Waals surface area (Å²) in [5.74, 6) is -0.119. The molecule has 0 spiro atoms. The first-order valence-electron chi connectivity index (χ1n) is 10.2. The topological polar surface area (TPSA) is 71.8 Å². The van der Waals surface area contributed by atoms with Gasteiger partial charge >= 0.3 is 5.97 Å². The number of esters is 1. The normalized spacial score (nSPS) is 13.8. The monoisotopic (exact) mass is 436 g/mol. The molecule has 3 heterocycles. The van der Waals surface area contributed by atoms with E-state index in [4.69, 9.17) is 9.15 Å². The minimum absolute atomic E-state index is 0.287. The number of anilines is 1. The number of amides is 1. The first kappa shape index (κ1) is 21.1. The van der Waals surface area contributed by atoms with Gasteiger partial charge in [0.15, 0.2) is 0 Å². The number of ether oxygens (including phenoxy) is 1. The molecule has 0 aliphatic carbocycles. The van der Waals surface area contributed by atoms with Crippen molar-refractivity contribution in [2.45, 2.75) is 26.4 Å². The summed E-state index contributed by atoms with van der Waals surface area (Å²) in [6.07, 6.45) is 5.28. The van der Waals surface area contributed by atoms with Crippen LogP contribution >= 0.6 is 11.3 Å². The molecule has 0 radical (unpaired) electrons. The number of nitrogens with zero attached hydrogens (tertiary/aromatic N) is 1. The highest BCUT2D eigenvalue weighted by Crippen LogP contribution is 2.38. The van der Waals surface area contributed by atoms with E-state index in [-0.39, 0.29) is 18.5 Å². The smallest absolute Gasteiger partial charge is 0.341 e. The standard InChI is InChI=1S/C24H24N2O4S/c1-2-29-24(28)22-19-12-13-26(15-17-7-4-3-5-8-17)16-20(19)31-23(22)25-21(27)11-10-18-9-6-14-30-18/h3-11,14H,2,12-13,15-16H2,1H3,(H,25,27)/b11-10+. The molecule has 1 aliphatic rings. The molecule has 7 heteroatoms. The average molecular weight is 437 g/mol. The first-order chi connectivity index (χ1) is 15.1. The fraction of sp³-hybridized carbons (Fsp3) is 0.250. The Morgan fingerprint density at radius 2 is 2.06 bits per heavy atom. The van der Waals surface area contributed by atoms with Crippen LogP contribution in [0, 0.1) is 0 Å². The number of carbonyl (C=O) groups is 2. The molecule has 3 aromatic rings. The molecule has 1 N–H and O–H groups in total. The van der Waals surface area contributed by atoms with Crippen LogP contribution in [0.2, 0.25) is 0 Å². The highest BCUT2D eigenvalue weighted by atomic mass is 32.1. The van der Waals surface area contributed by atoms with Crippen LogP contribution in [0.15, 0.2) is 59.2 Å². The van der Waals surface area contributed by atoms with Gasteiger partial charge < -0.3 is 14.5 Å². The number of carbonyl (C=O) groups excluding carboxylic acids is 2. The van der Waals surface area contributed by atoms with Gasteiger partial charge in [-0.1, -0.05) is 30.3 Å². The van der Waals surface area contributed by atoms with Crippen LogP contribution in [0.3, 0.4) is 0 Å². The van der Waals surface area contributed by atoms with Crippen molar-refractivity contribution in [1.82, 2.24) is 4.90 Å². The van der Waals surface area contributed by atoms with Crippen LogP contribution in [0.1, 0.15) is 39.0 Å². The summed E-state index contributed by atoms with van der Waals surface area (Å²) in [6, 6.07) is 13.8. The Balaban J connectivity index is 1.54. The predicted molar refractivity (Wildman–Crippen MR) is 121 cm³/mol. The number of hydrogen-bond donors (Lipinski definition) is 1. The lowest BCUT2D eigenvalue weighted by Gasteiger charge is -2.27. The SMILES string of the molecule is CCOC(=O)c1c(NC(=O)/C=C/c2ccco2)sc2c1CCN(Cc1ccccc1)C2. The Hall–Kier alpha value is -3.16. The number of fused-ring (bicyclic) bond motifs is 1. The zero-order chi connectivity index (χ0) is 21.6. The van der Waals surface area contributed by atoms with Gasteiger partial charge in [0.25, 0.3) is 0 Å². The van der Waals surface area contributed by atoms with Crippen LogP contribution in [-0.4, -0.2) is 29.9 Å². The van der Waals surface area contributed by atoms with E-state index in [1.165, 1.54) is 23.0 Å². The summed E-state index contributed by atoms with van der Waals surface area (Å²) in [6.45, 7) is 4.49. The minimum atomic E-state index is -0.387. The molecule has 0 saturated heterocycles. The molecule has 31 heavy (non-hydrogen) atoms. The number of hydrogen-bond acceptors (Lipinski definition) is 6. The number of thiophene rings is 1. The van der Waals surface area contributed by atoms with Gasteiger partial charge in [-0.2, -0.15) is 0 Å². The Morgan fingerprint density at radius 3 is 2.81 bits per heavy atom. The fourth-order valence-electron chi connectivity index (χ4n) is 3.64. The van der Waals surface area contributed by atoms with E-state index in [0.717, 1.165) is 36.5 Å². The van der Waals surface area contributed by atoms with Crippen molar-refractivity contribution in [1.29, 1.82) is 0 Å². The quantitative estimate of drug-likeness (QED) is 0.428. The van der Waals surface area contributed by atoms with Gasteiger partial charge in [0.1, 0.15) is 10.8 Å². The van der Waals surface area contributed by atoms with Gasteiger partial charge in [-0.25, -0.2) is 4.79 Å². The van der Waals surface area contributed by atoms with E-state index in [2.05, 4.69) is 22.3 Å². The maximum atomic E-state index is 12.7. The number of rotatable bonds is 7. The third-order valence-corrected chi connectivity index (χ3v) is 6.18. The molecule has 0 bridgehead atoms. The summed E-state index contributed by atoms with van der Waals surface area (Å²) in [5, 5.41) is 3.41. The highest BCUT2D eigenvalue weighted by molar-refractivity contribution is 7.17. The third-order valence-electron chi connectivity index (χ3n) is 5.04. The molecule has 160 valence electrons. The van der Waals surface area contributed by atoms with Crippen molar-refractivity contribution in [2.24, 2.45) is 0 Å². The lowest BCUT2D eigenvalue weighted by Crippen LogP contribution is -2.29. The second-order valence-corrected chi connectivity index (χ2v) is 8.32. The van der Waals surface area contributed by atoms with E-state index in [9.17, 15) is 9.59 Å². The lowest BCUT2D eigenvalue weighted by molar-refractivity contribution is -0.111. The van der Waals surface area contributed by atoms with Crippen LogP contribution in [0.5, 0.6) is 0 Å². The molecule has 6 nitrogen and oxygen atoms in total. The van der Waals surface area contributed by atoms with Crippen LogP contribution in [-0.2, 0) is 29.0 Å². The fourth-order valence-corrected chi connectivity index (χ4v) is 4.92. The van der Waals surface area contributed by atoms with E-state index in [1.54, 1.807) is 31.4 Å². The molecule has 1 amide bonds. The second kappa shape index (κ2) is 9.76. The molecule has 2 aromatic heterocycles. The van der Waals surface area contributed by atoms with Crippen molar-refractivity contribution >= 4 is 34.3 Å². The Labute approximate surface area is 185 Å². The first-order valence-corrected chi connectivity index (χ1v) is 11.1. The zero-order valence-electron chi connectivity index (χ0n) is 17.3. The van der Waals surface area contributed by atoms with Crippen LogP contribution in [0.25, 0.3) is 6.08 Å².